The molecule has 1 aromatic rings. The average Bonchev–Trinajstić information content (AvgIpc) is 2.16. The molecule has 2 rings (SSSR count). The highest BCUT2D eigenvalue weighted by atomic mass is 19.1. The number of hydrogen-bond acceptors (Lipinski definition) is 2. The lowest BCUT2D eigenvalue weighted by molar-refractivity contribution is 0.0650. The minimum atomic E-state index is -0.171. The molecule has 0 aromatic heterocycles. The molecule has 0 atom stereocenters. The quantitative estimate of drug-likeness (QED) is 0.815. The normalized spacial score (nSPS) is 18.5. The van der Waals surface area contributed by atoms with E-state index in [-0.39, 0.29) is 11.2 Å². The van der Waals surface area contributed by atoms with Gasteiger partial charge in [-0.25, -0.2) is 4.39 Å². The molecule has 2 nitrogen and oxygen atoms in total. The van der Waals surface area contributed by atoms with Crippen LogP contribution in [0.4, 0.5) is 4.39 Å². The maximum absolute atomic E-state index is 13.1. The lowest BCUT2D eigenvalue weighted by Crippen LogP contribution is -2.59. The molecule has 1 N–H and O–H groups in total. The van der Waals surface area contributed by atoms with E-state index in [0.29, 0.717) is 13.2 Å². The first-order chi connectivity index (χ1) is 7.27. The second kappa shape index (κ2) is 4.29. The van der Waals surface area contributed by atoms with E-state index in [2.05, 4.69) is 5.32 Å². The molecule has 1 fully saturated rings. The average molecular weight is 209 g/mol. The Hall–Kier alpha value is -0.930. The first-order valence-corrected chi connectivity index (χ1v) is 5.31. The standard InChI is InChI=1S/C12H16FNO/c1-2-15-9-12(7-14-8-12)10-4-3-5-11(13)6-10/h3-6,14H,2,7-9H2,1H3. The van der Waals surface area contributed by atoms with E-state index in [0.717, 1.165) is 18.7 Å². The molecule has 0 spiro atoms. The van der Waals surface area contributed by atoms with Crippen LogP contribution in [0.1, 0.15) is 12.5 Å². The Morgan fingerprint density at radius 1 is 1.47 bits per heavy atom. The Morgan fingerprint density at radius 3 is 2.80 bits per heavy atom. The van der Waals surface area contributed by atoms with Crippen LogP contribution in [-0.2, 0) is 10.2 Å². The molecule has 0 unspecified atom stereocenters. The highest BCUT2D eigenvalue weighted by molar-refractivity contribution is 5.30. The Kier molecular flexibility index (Phi) is 3.03. The maximum Gasteiger partial charge on any atom is 0.123 e. The molecule has 1 aliphatic rings. The minimum absolute atomic E-state index is 0.0158. The highest BCUT2D eigenvalue weighted by Crippen LogP contribution is 2.29. The van der Waals surface area contributed by atoms with Crippen LogP contribution in [0.15, 0.2) is 24.3 Å². The predicted octanol–water partition coefficient (Wildman–Crippen LogP) is 1.70. The Morgan fingerprint density at radius 2 is 2.27 bits per heavy atom. The zero-order valence-corrected chi connectivity index (χ0v) is 8.92. The molecular weight excluding hydrogens is 193 g/mol. The van der Waals surface area contributed by atoms with Crippen LogP contribution in [0.25, 0.3) is 0 Å². The maximum atomic E-state index is 13.1. The lowest BCUT2D eigenvalue weighted by Gasteiger charge is -2.42. The van der Waals surface area contributed by atoms with Gasteiger partial charge in [0.05, 0.1) is 6.61 Å². The molecule has 0 radical (unpaired) electrons. The van der Waals surface area contributed by atoms with Crippen molar-refractivity contribution in [3.63, 3.8) is 0 Å². The molecule has 1 aliphatic heterocycles. The van der Waals surface area contributed by atoms with Gasteiger partial charge in [0.2, 0.25) is 0 Å². The van der Waals surface area contributed by atoms with E-state index in [1.165, 1.54) is 6.07 Å². The van der Waals surface area contributed by atoms with Crippen LogP contribution >= 0.6 is 0 Å². The third kappa shape index (κ3) is 2.03. The molecule has 0 bridgehead atoms. The molecule has 1 saturated heterocycles. The largest absolute Gasteiger partial charge is 0.381 e. The summed E-state index contributed by atoms with van der Waals surface area (Å²) in [5.74, 6) is -0.171. The van der Waals surface area contributed by atoms with E-state index in [1.807, 2.05) is 13.0 Å². The van der Waals surface area contributed by atoms with Gasteiger partial charge in [0.1, 0.15) is 5.82 Å². The summed E-state index contributed by atoms with van der Waals surface area (Å²) in [6, 6.07) is 6.82. The Balaban J connectivity index is 2.18. The van der Waals surface area contributed by atoms with Gasteiger partial charge in [-0.1, -0.05) is 12.1 Å². The van der Waals surface area contributed by atoms with Gasteiger partial charge in [-0.05, 0) is 24.6 Å². The number of nitrogens with one attached hydrogen (secondary N) is 1. The Bertz CT molecular complexity index is 336. The Labute approximate surface area is 89.4 Å². The molecule has 1 aromatic carbocycles. The summed E-state index contributed by atoms with van der Waals surface area (Å²) in [6.45, 7) is 5.09. The fraction of sp³-hybridized carbons (Fsp3) is 0.500. The van der Waals surface area contributed by atoms with Crippen molar-refractivity contribution in [2.45, 2.75) is 12.3 Å². The van der Waals surface area contributed by atoms with Gasteiger partial charge < -0.3 is 10.1 Å². The summed E-state index contributed by atoms with van der Waals surface area (Å²) in [5.41, 5.74) is 1.02. The fourth-order valence-corrected chi connectivity index (χ4v) is 1.93. The van der Waals surface area contributed by atoms with E-state index in [9.17, 15) is 4.39 Å². The molecule has 3 heteroatoms. The van der Waals surface area contributed by atoms with Crippen molar-refractivity contribution in [3.8, 4) is 0 Å². The summed E-state index contributed by atoms with van der Waals surface area (Å²) in [5, 5.41) is 3.23. The van der Waals surface area contributed by atoms with Crippen molar-refractivity contribution in [3.05, 3.63) is 35.6 Å². The second-order valence-corrected chi connectivity index (χ2v) is 4.03. The number of ether oxygens (including phenoxy) is 1. The monoisotopic (exact) mass is 209 g/mol. The van der Waals surface area contributed by atoms with E-state index >= 15 is 0 Å². The number of hydrogen-bond donors (Lipinski definition) is 1. The van der Waals surface area contributed by atoms with Crippen molar-refractivity contribution in [1.82, 2.24) is 5.32 Å². The summed E-state index contributed by atoms with van der Waals surface area (Å²) in [6.07, 6.45) is 0. The van der Waals surface area contributed by atoms with Crippen LogP contribution in [0.2, 0.25) is 0 Å². The SMILES string of the molecule is CCOCC1(c2cccc(F)c2)CNC1. The van der Waals surface area contributed by atoms with Gasteiger partial charge in [-0.3, -0.25) is 0 Å². The first-order valence-electron chi connectivity index (χ1n) is 5.31. The molecular formula is C12H16FNO. The summed E-state index contributed by atoms with van der Waals surface area (Å²) < 4.78 is 18.6. The van der Waals surface area contributed by atoms with Crippen LogP contribution < -0.4 is 5.32 Å². The van der Waals surface area contributed by atoms with Gasteiger partial charge in [0.15, 0.2) is 0 Å². The van der Waals surface area contributed by atoms with E-state index < -0.39 is 0 Å². The minimum Gasteiger partial charge on any atom is -0.381 e. The van der Waals surface area contributed by atoms with E-state index in [4.69, 9.17) is 4.74 Å². The van der Waals surface area contributed by atoms with Crippen molar-refractivity contribution < 1.29 is 9.13 Å². The summed E-state index contributed by atoms with van der Waals surface area (Å²) in [7, 11) is 0. The van der Waals surface area contributed by atoms with E-state index in [1.54, 1.807) is 12.1 Å². The third-order valence-electron chi connectivity index (χ3n) is 2.95. The van der Waals surface area contributed by atoms with Crippen LogP contribution in [0, 0.1) is 5.82 Å². The van der Waals surface area contributed by atoms with Crippen LogP contribution in [0.5, 0.6) is 0 Å². The van der Waals surface area contributed by atoms with Crippen LogP contribution in [0.3, 0.4) is 0 Å². The third-order valence-corrected chi connectivity index (χ3v) is 2.95. The molecule has 0 aliphatic carbocycles. The van der Waals surface area contributed by atoms with Crippen molar-refractivity contribution in [1.29, 1.82) is 0 Å². The molecule has 0 amide bonds. The van der Waals surface area contributed by atoms with Crippen molar-refractivity contribution >= 4 is 0 Å². The summed E-state index contributed by atoms with van der Waals surface area (Å²) >= 11 is 0. The number of benzene rings is 1. The first kappa shape index (κ1) is 10.6. The smallest absolute Gasteiger partial charge is 0.123 e. The van der Waals surface area contributed by atoms with Gasteiger partial charge in [-0.15, -0.1) is 0 Å². The zero-order chi connectivity index (χ0) is 10.7. The number of halogens is 1. The van der Waals surface area contributed by atoms with Gasteiger partial charge in [-0.2, -0.15) is 0 Å². The summed E-state index contributed by atoms with van der Waals surface area (Å²) in [4.78, 5) is 0. The zero-order valence-electron chi connectivity index (χ0n) is 8.92. The molecule has 82 valence electrons. The highest BCUT2D eigenvalue weighted by Gasteiger charge is 2.38. The van der Waals surface area contributed by atoms with Gasteiger partial charge in [0.25, 0.3) is 0 Å². The van der Waals surface area contributed by atoms with Gasteiger partial charge in [0, 0.05) is 25.1 Å². The van der Waals surface area contributed by atoms with Crippen LogP contribution in [-0.4, -0.2) is 26.3 Å². The fourth-order valence-electron chi connectivity index (χ4n) is 1.93. The predicted molar refractivity (Wildman–Crippen MR) is 57.4 cm³/mol. The lowest BCUT2D eigenvalue weighted by atomic mass is 9.76. The van der Waals surface area contributed by atoms with Crippen molar-refractivity contribution in [2.24, 2.45) is 0 Å². The molecule has 0 saturated carbocycles. The second-order valence-electron chi connectivity index (χ2n) is 4.03. The molecule has 1 heterocycles. The molecule has 15 heavy (non-hydrogen) atoms. The van der Waals surface area contributed by atoms with Crippen molar-refractivity contribution in [2.75, 3.05) is 26.3 Å². The van der Waals surface area contributed by atoms with Gasteiger partial charge >= 0.3 is 0 Å². The number of rotatable bonds is 4. The topological polar surface area (TPSA) is 21.3 Å².